The second-order valence-corrected chi connectivity index (χ2v) is 6.19. The van der Waals surface area contributed by atoms with Crippen LogP contribution in [0.15, 0.2) is 35.3 Å². The fraction of sp³-hybridized carbons (Fsp3) is 0.579. The number of ether oxygens (including phenoxy) is 5. The van der Waals surface area contributed by atoms with Gasteiger partial charge in [-0.1, -0.05) is 30.3 Å². The quantitative estimate of drug-likeness (QED) is 0.432. The lowest BCUT2D eigenvalue weighted by atomic mass is 9.97. The maximum atomic E-state index is 11.5. The molecular formula is C19H27NO7. The van der Waals surface area contributed by atoms with Crippen LogP contribution in [-0.2, 0) is 35.1 Å². The van der Waals surface area contributed by atoms with E-state index in [1.54, 1.807) is 6.92 Å². The highest BCUT2D eigenvalue weighted by Crippen LogP contribution is 2.27. The summed E-state index contributed by atoms with van der Waals surface area (Å²) in [4.78, 5) is 15.9. The summed E-state index contributed by atoms with van der Waals surface area (Å²) in [5.41, 5.74) is 1.00. The minimum Gasteiger partial charge on any atom is -0.484 e. The summed E-state index contributed by atoms with van der Waals surface area (Å²) in [7, 11) is 2.93. The number of rotatable bonds is 7. The Kier molecular flexibility index (Phi) is 8.18. The molecule has 27 heavy (non-hydrogen) atoms. The van der Waals surface area contributed by atoms with E-state index in [-0.39, 0.29) is 6.61 Å². The number of esters is 1. The normalized spacial score (nSPS) is 28.6. The first-order valence-corrected chi connectivity index (χ1v) is 8.69. The van der Waals surface area contributed by atoms with Crippen molar-refractivity contribution in [2.75, 3.05) is 20.8 Å². The van der Waals surface area contributed by atoms with Gasteiger partial charge in [0.2, 0.25) is 0 Å². The predicted octanol–water partition coefficient (Wildman–Crippen LogP) is 1.30. The van der Waals surface area contributed by atoms with Crippen molar-refractivity contribution in [2.24, 2.45) is 4.99 Å². The number of aliphatic imine (C=N–C) groups is 1. The van der Waals surface area contributed by atoms with Gasteiger partial charge in [0.05, 0.1) is 20.3 Å². The van der Waals surface area contributed by atoms with Crippen molar-refractivity contribution in [3.05, 3.63) is 35.9 Å². The van der Waals surface area contributed by atoms with Crippen molar-refractivity contribution >= 4 is 11.9 Å². The van der Waals surface area contributed by atoms with E-state index < -0.39 is 36.6 Å². The topological polar surface area (TPSA) is 95.8 Å². The molecule has 0 aromatic heterocycles. The van der Waals surface area contributed by atoms with Gasteiger partial charge in [-0.2, -0.15) is 0 Å². The van der Waals surface area contributed by atoms with E-state index in [2.05, 4.69) is 4.99 Å². The minimum absolute atomic E-state index is 0.105. The second-order valence-electron chi connectivity index (χ2n) is 6.19. The zero-order valence-corrected chi connectivity index (χ0v) is 16.0. The molecule has 0 aliphatic carbocycles. The molecule has 0 spiro atoms. The summed E-state index contributed by atoms with van der Waals surface area (Å²) in [6.07, 6.45) is -3.64. The van der Waals surface area contributed by atoms with Gasteiger partial charge in [0.15, 0.2) is 18.3 Å². The average Bonchev–Trinajstić information content (AvgIpc) is 2.66. The van der Waals surface area contributed by atoms with Gasteiger partial charge in [0, 0.05) is 21.0 Å². The number of hydrogen-bond acceptors (Lipinski definition) is 8. The van der Waals surface area contributed by atoms with Crippen LogP contribution in [0.2, 0.25) is 0 Å². The molecule has 1 aromatic rings. The van der Waals surface area contributed by atoms with Gasteiger partial charge in [-0.15, -0.1) is 0 Å². The highest BCUT2D eigenvalue weighted by Gasteiger charge is 2.48. The largest absolute Gasteiger partial charge is 0.484 e. The van der Waals surface area contributed by atoms with Crippen molar-refractivity contribution in [3.8, 4) is 0 Å². The first-order valence-electron chi connectivity index (χ1n) is 8.69. The maximum Gasteiger partial charge on any atom is 0.303 e. The molecule has 1 aliphatic rings. The molecule has 1 fully saturated rings. The Balaban J connectivity index is 2.09. The van der Waals surface area contributed by atoms with E-state index in [1.165, 1.54) is 21.1 Å². The van der Waals surface area contributed by atoms with Crippen LogP contribution in [0.1, 0.15) is 19.4 Å². The Labute approximate surface area is 159 Å². The highest BCUT2D eigenvalue weighted by molar-refractivity contribution is 5.73. The maximum absolute atomic E-state index is 11.5. The summed E-state index contributed by atoms with van der Waals surface area (Å²) >= 11 is 0. The monoisotopic (exact) mass is 381 g/mol. The third kappa shape index (κ3) is 6.00. The molecule has 8 nitrogen and oxygen atoms in total. The molecule has 1 N–H and O–H groups in total. The van der Waals surface area contributed by atoms with Gasteiger partial charge in [-0.3, -0.25) is 4.79 Å². The Bertz CT molecular complexity index is 622. The fourth-order valence-electron chi connectivity index (χ4n) is 2.83. The van der Waals surface area contributed by atoms with Crippen LogP contribution in [0.25, 0.3) is 0 Å². The number of nitrogens with zero attached hydrogens (tertiary/aromatic N) is 1. The van der Waals surface area contributed by atoms with E-state index in [4.69, 9.17) is 23.7 Å². The van der Waals surface area contributed by atoms with Crippen LogP contribution >= 0.6 is 0 Å². The van der Waals surface area contributed by atoms with E-state index in [0.29, 0.717) is 12.5 Å². The van der Waals surface area contributed by atoms with E-state index in [9.17, 15) is 9.90 Å². The molecule has 0 radical (unpaired) electrons. The van der Waals surface area contributed by atoms with Crippen molar-refractivity contribution < 1.29 is 33.6 Å². The summed E-state index contributed by atoms with van der Waals surface area (Å²) < 4.78 is 27.2. The molecule has 1 aromatic carbocycles. The van der Waals surface area contributed by atoms with Crippen LogP contribution in [0.3, 0.4) is 0 Å². The van der Waals surface area contributed by atoms with Crippen LogP contribution in [0.4, 0.5) is 0 Å². The average molecular weight is 381 g/mol. The highest BCUT2D eigenvalue weighted by atomic mass is 16.7. The zero-order chi connectivity index (χ0) is 19.8. The molecule has 1 saturated heterocycles. The lowest BCUT2D eigenvalue weighted by Gasteiger charge is -2.41. The molecule has 0 unspecified atom stereocenters. The van der Waals surface area contributed by atoms with Crippen LogP contribution in [0, 0.1) is 0 Å². The Morgan fingerprint density at radius 2 is 1.93 bits per heavy atom. The van der Waals surface area contributed by atoms with Crippen LogP contribution in [0.5, 0.6) is 0 Å². The molecule has 0 amide bonds. The molecule has 1 aliphatic heterocycles. The second kappa shape index (κ2) is 10.4. The minimum atomic E-state index is -1.13. The van der Waals surface area contributed by atoms with Gasteiger partial charge < -0.3 is 28.8 Å². The standard InChI is InChI=1S/C19H27NO7/c1-12(23-3)20-16-18(26-13(2)21)17(22)15(27-19(16)24-4)11-25-10-14-8-6-5-7-9-14/h5-9,15-19,22H,10-11H2,1-4H3/t15-,16-,17-,18-,19-/m1/s1. The molecule has 1 heterocycles. The summed E-state index contributed by atoms with van der Waals surface area (Å²) in [5, 5.41) is 10.7. The third-order valence-electron chi connectivity index (χ3n) is 4.20. The van der Waals surface area contributed by atoms with E-state index >= 15 is 0 Å². The molecular weight excluding hydrogens is 354 g/mol. The molecule has 8 heteroatoms. The predicted molar refractivity (Wildman–Crippen MR) is 97.2 cm³/mol. The summed E-state index contributed by atoms with van der Waals surface area (Å²) in [6.45, 7) is 3.40. The first-order chi connectivity index (χ1) is 13.0. The summed E-state index contributed by atoms with van der Waals surface area (Å²) in [5.74, 6) is -0.177. The third-order valence-corrected chi connectivity index (χ3v) is 4.20. The lowest BCUT2D eigenvalue weighted by Crippen LogP contribution is -2.60. The number of methoxy groups -OCH3 is 2. The Morgan fingerprint density at radius 3 is 2.52 bits per heavy atom. The van der Waals surface area contributed by atoms with Crippen molar-refractivity contribution in [3.63, 3.8) is 0 Å². The van der Waals surface area contributed by atoms with Crippen molar-refractivity contribution in [2.45, 2.75) is 51.1 Å². The number of aliphatic hydroxyl groups is 1. The van der Waals surface area contributed by atoms with E-state index in [0.717, 1.165) is 5.56 Å². The number of hydrogen-bond donors (Lipinski definition) is 1. The van der Waals surface area contributed by atoms with Crippen molar-refractivity contribution in [1.82, 2.24) is 0 Å². The number of benzene rings is 1. The zero-order valence-electron chi connectivity index (χ0n) is 16.0. The molecule has 5 atom stereocenters. The lowest BCUT2D eigenvalue weighted by molar-refractivity contribution is -0.264. The van der Waals surface area contributed by atoms with Gasteiger partial charge in [-0.25, -0.2) is 4.99 Å². The Morgan fingerprint density at radius 1 is 1.22 bits per heavy atom. The van der Waals surface area contributed by atoms with Gasteiger partial charge in [0.25, 0.3) is 0 Å². The fourth-order valence-corrected chi connectivity index (χ4v) is 2.83. The molecule has 2 rings (SSSR count). The molecule has 150 valence electrons. The Hall–Kier alpha value is -2.00. The number of aliphatic hydroxyl groups excluding tert-OH is 1. The van der Waals surface area contributed by atoms with Gasteiger partial charge in [-0.05, 0) is 5.56 Å². The van der Waals surface area contributed by atoms with Crippen LogP contribution in [-0.4, -0.2) is 68.4 Å². The summed E-state index contributed by atoms with van der Waals surface area (Å²) in [6, 6.07) is 8.88. The van der Waals surface area contributed by atoms with Gasteiger partial charge in [0.1, 0.15) is 18.2 Å². The number of carbonyl (C=O) groups is 1. The first kappa shape index (κ1) is 21.3. The SMILES string of the molecule is COC(C)=N[C@H]1[C@H](OC)O[C@H](COCc2ccccc2)[C@@H](O)[C@@H]1OC(C)=O. The van der Waals surface area contributed by atoms with Crippen molar-refractivity contribution in [1.29, 1.82) is 0 Å². The number of carbonyl (C=O) groups excluding carboxylic acids is 1. The van der Waals surface area contributed by atoms with Crippen LogP contribution < -0.4 is 0 Å². The van der Waals surface area contributed by atoms with E-state index in [1.807, 2.05) is 30.3 Å². The molecule has 0 bridgehead atoms. The smallest absolute Gasteiger partial charge is 0.303 e. The van der Waals surface area contributed by atoms with Gasteiger partial charge >= 0.3 is 5.97 Å². The molecule has 0 saturated carbocycles.